The molecule has 0 aromatic heterocycles. The predicted molar refractivity (Wildman–Crippen MR) is 95.0 cm³/mol. The summed E-state index contributed by atoms with van der Waals surface area (Å²) in [6.07, 6.45) is 1.44. The topological polar surface area (TPSA) is 72.5 Å². The summed E-state index contributed by atoms with van der Waals surface area (Å²) in [5.41, 5.74) is 2.33. The Labute approximate surface area is 148 Å². The number of hydrogen-bond acceptors (Lipinski definition) is 5. The fourth-order valence-corrected chi connectivity index (χ4v) is 4.08. The van der Waals surface area contributed by atoms with E-state index < -0.39 is 9.05 Å². The molecule has 0 aliphatic carbocycles. The number of nitrogens with one attached hydrogen (secondary N) is 1. The van der Waals surface area contributed by atoms with Gasteiger partial charge in [0.2, 0.25) is 0 Å². The molecule has 1 aromatic rings. The molecule has 1 atom stereocenters. The highest BCUT2D eigenvalue weighted by Gasteiger charge is 2.27. The molecule has 134 valence electrons. The number of carbonyl (C=O) groups excluding carboxylic acids is 1. The summed E-state index contributed by atoms with van der Waals surface area (Å²) in [6.45, 7) is 7.13. The third-order valence-electron chi connectivity index (χ3n) is 4.40. The number of benzene rings is 1. The SMILES string of the molecule is CCOC(=O)CCc1cc2c(c(S(=O)(=O)Cl)c1)NCC(C(C)C)C2. The van der Waals surface area contributed by atoms with Gasteiger partial charge >= 0.3 is 5.97 Å². The molecule has 1 aliphatic rings. The summed E-state index contributed by atoms with van der Waals surface area (Å²) in [5.74, 6) is 0.636. The summed E-state index contributed by atoms with van der Waals surface area (Å²) in [4.78, 5) is 11.6. The van der Waals surface area contributed by atoms with Crippen molar-refractivity contribution >= 4 is 31.4 Å². The minimum absolute atomic E-state index is 0.0998. The van der Waals surface area contributed by atoms with E-state index in [2.05, 4.69) is 19.2 Å². The fraction of sp³-hybridized carbons (Fsp3) is 0.588. The lowest BCUT2D eigenvalue weighted by molar-refractivity contribution is -0.143. The van der Waals surface area contributed by atoms with Gasteiger partial charge in [-0.05, 0) is 48.8 Å². The molecule has 0 bridgehead atoms. The molecule has 1 aromatic carbocycles. The second-order valence-corrected chi connectivity index (χ2v) is 8.99. The summed E-state index contributed by atoms with van der Waals surface area (Å²) >= 11 is 0. The molecule has 1 N–H and O–H groups in total. The molecule has 0 fully saturated rings. The van der Waals surface area contributed by atoms with Crippen LogP contribution >= 0.6 is 10.7 Å². The van der Waals surface area contributed by atoms with Crippen molar-refractivity contribution < 1.29 is 17.9 Å². The highest BCUT2D eigenvalue weighted by Crippen LogP contribution is 2.36. The third kappa shape index (κ3) is 4.63. The average Bonchev–Trinajstić information content (AvgIpc) is 2.50. The standard InChI is InChI=1S/C17H24ClNO4S/c1-4-23-16(20)6-5-12-7-13-9-14(11(2)3)10-19-17(13)15(8-12)24(18,21)22/h7-8,11,14,19H,4-6,9-10H2,1-3H3. The van der Waals surface area contributed by atoms with Gasteiger partial charge in [0, 0.05) is 23.6 Å². The zero-order valence-corrected chi connectivity index (χ0v) is 15.8. The van der Waals surface area contributed by atoms with Gasteiger partial charge in [-0.3, -0.25) is 4.79 Å². The van der Waals surface area contributed by atoms with E-state index in [0.29, 0.717) is 30.6 Å². The van der Waals surface area contributed by atoms with E-state index in [9.17, 15) is 13.2 Å². The van der Waals surface area contributed by atoms with Crippen molar-refractivity contribution in [3.63, 3.8) is 0 Å². The zero-order valence-electron chi connectivity index (χ0n) is 14.3. The van der Waals surface area contributed by atoms with Crippen LogP contribution in [0.1, 0.15) is 38.3 Å². The van der Waals surface area contributed by atoms with E-state index >= 15 is 0 Å². The smallest absolute Gasteiger partial charge is 0.306 e. The highest BCUT2D eigenvalue weighted by molar-refractivity contribution is 8.13. The van der Waals surface area contributed by atoms with Crippen LogP contribution in [-0.2, 0) is 31.4 Å². The van der Waals surface area contributed by atoms with Crippen molar-refractivity contribution in [3.8, 4) is 0 Å². The van der Waals surface area contributed by atoms with Gasteiger partial charge in [-0.1, -0.05) is 19.9 Å². The molecule has 7 heteroatoms. The lowest BCUT2D eigenvalue weighted by Gasteiger charge is -2.30. The van der Waals surface area contributed by atoms with Gasteiger partial charge < -0.3 is 10.1 Å². The first-order chi connectivity index (χ1) is 11.2. The maximum Gasteiger partial charge on any atom is 0.306 e. The number of carbonyl (C=O) groups is 1. The molecule has 5 nitrogen and oxygen atoms in total. The second kappa shape index (κ2) is 7.74. The molecule has 2 rings (SSSR count). The van der Waals surface area contributed by atoms with Crippen LogP contribution in [0.3, 0.4) is 0 Å². The first-order valence-corrected chi connectivity index (χ1v) is 10.5. The largest absolute Gasteiger partial charge is 0.466 e. The van der Waals surface area contributed by atoms with Crippen molar-refractivity contribution in [1.29, 1.82) is 0 Å². The van der Waals surface area contributed by atoms with Gasteiger partial charge in [-0.2, -0.15) is 0 Å². The molecule has 1 aliphatic heterocycles. The van der Waals surface area contributed by atoms with Crippen LogP contribution < -0.4 is 5.32 Å². The van der Waals surface area contributed by atoms with Crippen molar-refractivity contribution in [1.82, 2.24) is 0 Å². The number of esters is 1. The Balaban J connectivity index is 2.33. The van der Waals surface area contributed by atoms with E-state index in [1.54, 1.807) is 13.0 Å². The van der Waals surface area contributed by atoms with Crippen LogP contribution in [0, 0.1) is 11.8 Å². The molecule has 0 radical (unpaired) electrons. The quantitative estimate of drug-likeness (QED) is 0.611. The Morgan fingerprint density at radius 1 is 1.42 bits per heavy atom. The minimum Gasteiger partial charge on any atom is -0.466 e. The molecule has 24 heavy (non-hydrogen) atoms. The second-order valence-electron chi connectivity index (χ2n) is 6.46. The lowest BCUT2D eigenvalue weighted by Crippen LogP contribution is -2.28. The van der Waals surface area contributed by atoms with Gasteiger partial charge in [0.1, 0.15) is 4.90 Å². The first kappa shape index (κ1) is 19.1. The molecule has 0 amide bonds. The van der Waals surface area contributed by atoms with E-state index in [0.717, 1.165) is 24.1 Å². The van der Waals surface area contributed by atoms with Gasteiger partial charge in [-0.15, -0.1) is 0 Å². The molecule has 1 heterocycles. The molecule has 0 saturated heterocycles. The van der Waals surface area contributed by atoms with Gasteiger partial charge in [0.15, 0.2) is 0 Å². The summed E-state index contributed by atoms with van der Waals surface area (Å²) in [6, 6.07) is 3.53. The first-order valence-electron chi connectivity index (χ1n) is 8.22. The molecular formula is C17H24ClNO4S. The predicted octanol–water partition coefficient (Wildman–Crippen LogP) is 3.35. The lowest BCUT2D eigenvalue weighted by atomic mass is 9.85. The Morgan fingerprint density at radius 2 is 2.12 bits per heavy atom. The number of rotatable bonds is 6. The Kier molecular flexibility index (Phi) is 6.15. The van der Waals surface area contributed by atoms with Crippen LogP contribution in [0.15, 0.2) is 17.0 Å². The van der Waals surface area contributed by atoms with Gasteiger partial charge in [0.25, 0.3) is 9.05 Å². The van der Waals surface area contributed by atoms with Gasteiger partial charge in [-0.25, -0.2) is 8.42 Å². The molecular weight excluding hydrogens is 350 g/mol. The number of fused-ring (bicyclic) bond motifs is 1. The Bertz CT molecular complexity index is 716. The van der Waals surface area contributed by atoms with E-state index in [-0.39, 0.29) is 17.3 Å². The Hall–Kier alpha value is -1.27. The normalized spacial score (nSPS) is 17.3. The third-order valence-corrected chi connectivity index (χ3v) is 5.74. The van der Waals surface area contributed by atoms with E-state index in [1.807, 2.05) is 6.07 Å². The summed E-state index contributed by atoms with van der Waals surface area (Å²) in [5, 5.41) is 3.23. The number of hydrogen-bond donors (Lipinski definition) is 1. The number of halogens is 1. The number of anilines is 1. The fourth-order valence-electron chi connectivity index (χ4n) is 2.97. The van der Waals surface area contributed by atoms with Crippen molar-refractivity contribution in [2.75, 3.05) is 18.5 Å². The van der Waals surface area contributed by atoms with Crippen molar-refractivity contribution in [3.05, 3.63) is 23.3 Å². The Morgan fingerprint density at radius 3 is 2.71 bits per heavy atom. The maximum absolute atomic E-state index is 11.9. The average molecular weight is 374 g/mol. The van der Waals surface area contributed by atoms with Crippen molar-refractivity contribution in [2.24, 2.45) is 11.8 Å². The van der Waals surface area contributed by atoms with Crippen molar-refractivity contribution in [2.45, 2.75) is 44.9 Å². The molecule has 0 spiro atoms. The van der Waals surface area contributed by atoms with Gasteiger partial charge in [0.05, 0.1) is 12.3 Å². The maximum atomic E-state index is 11.9. The van der Waals surface area contributed by atoms with E-state index in [1.165, 1.54) is 0 Å². The van der Waals surface area contributed by atoms with Crippen LogP contribution in [0.2, 0.25) is 0 Å². The monoisotopic (exact) mass is 373 g/mol. The highest BCUT2D eigenvalue weighted by atomic mass is 35.7. The summed E-state index contributed by atoms with van der Waals surface area (Å²) in [7, 11) is 1.76. The van der Waals surface area contributed by atoms with Crippen LogP contribution in [0.5, 0.6) is 0 Å². The van der Waals surface area contributed by atoms with Crippen LogP contribution in [0.4, 0.5) is 5.69 Å². The number of ether oxygens (including phenoxy) is 1. The number of aryl methyl sites for hydroxylation is 1. The van der Waals surface area contributed by atoms with Crippen LogP contribution in [-0.4, -0.2) is 27.5 Å². The molecule has 1 unspecified atom stereocenters. The zero-order chi connectivity index (χ0) is 17.9. The minimum atomic E-state index is -3.86. The summed E-state index contributed by atoms with van der Waals surface area (Å²) < 4.78 is 28.8. The van der Waals surface area contributed by atoms with E-state index in [4.69, 9.17) is 15.4 Å². The van der Waals surface area contributed by atoms with Crippen LogP contribution in [0.25, 0.3) is 0 Å². The molecule has 0 saturated carbocycles.